The average molecular weight is 314 g/mol. The first kappa shape index (κ1) is 16.0. The molecule has 2 saturated heterocycles. The molecular weight excluding hydrogens is 292 g/mol. The van der Waals surface area contributed by atoms with Gasteiger partial charge in [0.2, 0.25) is 0 Å². The number of hydrogen-bond donors (Lipinski definition) is 1. The Morgan fingerprint density at radius 3 is 2.41 bits per heavy atom. The first-order valence-corrected chi connectivity index (χ1v) is 7.40. The lowest BCUT2D eigenvalue weighted by Gasteiger charge is -2.30. The largest absolute Gasteiger partial charge is 0.365 e. The predicted octanol–water partition coefficient (Wildman–Crippen LogP) is 0.500. The summed E-state index contributed by atoms with van der Waals surface area (Å²) >= 11 is 0. The van der Waals surface area contributed by atoms with E-state index in [0.29, 0.717) is 6.61 Å². The van der Waals surface area contributed by atoms with Gasteiger partial charge in [-0.25, -0.2) is 0 Å². The molecule has 124 valence electrons. The summed E-state index contributed by atoms with van der Waals surface area (Å²) in [7, 11) is 0. The number of ether oxygens (including phenoxy) is 5. The van der Waals surface area contributed by atoms with E-state index in [1.165, 1.54) is 12.2 Å². The predicted molar refractivity (Wildman–Crippen MR) is 73.8 cm³/mol. The topological polar surface area (TPSA) is 83.5 Å². The van der Waals surface area contributed by atoms with Gasteiger partial charge in [-0.15, -0.1) is 0 Å². The Hall–Kier alpha value is -0.830. The van der Waals surface area contributed by atoms with Crippen molar-refractivity contribution < 1.29 is 33.6 Å². The third kappa shape index (κ3) is 3.10. The van der Waals surface area contributed by atoms with Crippen LogP contribution >= 0.6 is 0 Å². The van der Waals surface area contributed by atoms with E-state index < -0.39 is 36.2 Å². The van der Waals surface area contributed by atoms with Crippen molar-refractivity contribution >= 4 is 5.78 Å². The summed E-state index contributed by atoms with van der Waals surface area (Å²) in [5, 5.41) is 9.61. The molecule has 3 heterocycles. The maximum absolute atomic E-state index is 12.1. The van der Waals surface area contributed by atoms with Crippen molar-refractivity contribution in [1.29, 1.82) is 0 Å². The van der Waals surface area contributed by atoms with E-state index in [1.807, 2.05) is 13.8 Å². The highest BCUT2D eigenvalue weighted by atomic mass is 16.8. The molecule has 2 fully saturated rings. The zero-order valence-electron chi connectivity index (χ0n) is 13.1. The zero-order valence-corrected chi connectivity index (χ0v) is 13.1. The van der Waals surface area contributed by atoms with Crippen LogP contribution in [0.1, 0.15) is 27.7 Å². The highest BCUT2D eigenvalue weighted by molar-refractivity contribution is 5.94. The SMILES string of the molecule is CC1(C)OCC(C2OC(C)(C)OC2C2OC(O)C=CC2=O)O1. The average Bonchev–Trinajstić information content (AvgIpc) is 2.92. The maximum atomic E-state index is 12.1. The molecule has 3 rings (SSSR count). The molecule has 5 unspecified atom stereocenters. The summed E-state index contributed by atoms with van der Waals surface area (Å²) < 4.78 is 28.5. The van der Waals surface area contributed by atoms with Crippen molar-refractivity contribution in [3.05, 3.63) is 12.2 Å². The summed E-state index contributed by atoms with van der Waals surface area (Å²) in [5.41, 5.74) is 0. The third-order valence-corrected chi connectivity index (χ3v) is 3.85. The minimum absolute atomic E-state index is 0.264. The molecule has 0 spiro atoms. The monoisotopic (exact) mass is 314 g/mol. The molecule has 0 saturated carbocycles. The molecule has 0 aromatic carbocycles. The Bertz CT molecular complexity index is 484. The quantitative estimate of drug-likeness (QED) is 0.794. The minimum Gasteiger partial charge on any atom is -0.365 e. The van der Waals surface area contributed by atoms with Crippen LogP contribution in [-0.2, 0) is 28.5 Å². The van der Waals surface area contributed by atoms with Gasteiger partial charge in [0.25, 0.3) is 0 Å². The molecule has 5 atom stereocenters. The third-order valence-electron chi connectivity index (χ3n) is 3.85. The second kappa shape index (κ2) is 5.36. The summed E-state index contributed by atoms with van der Waals surface area (Å²) in [6, 6.07) is 0. The number of aliphatic hydroxyl groups is 1. The van der Waals surface area contributed by atoms with Gasteiger partial charge in [-0.1, -0.05) is 0 Å². The molecule has 0 aromatic rings. The lowest BCUT2D eigenvalue weighted by molar-refractivity contribution is -0.185. The molecule has 22 heavy (non-hydrogen) atoms. The molecule has 0 aromatic heterocycles. The standard InChI is InChI=1S/C15H22O7/c1-14(2)18-7-9(20-14)12-13(22-15(3,4)21-12)11-8(16)5-6-10(17)19-11/h5-6,9-13,17H,7H2,1-4H3. The van der Waals surface area contributed by atoms with E-state index in [4.69, 9.17) is 23.7 Å². The van der Waals surface area contributed by atoms with Crippen LogP contribution in [0, 0.1) is 0 Å². The van der Waals surface area contributed by atoms with Gasteiger partial charge >= 0.3 is 0 Å². The van der Waals surface area contributed by atoms with Crippen LogP contribution < -0.4 is 0 Å². The number of carbonyl (C=O) groups is 1. The van der Waals surface area contributed by atoms with Crippen molar-refractivity contribution in [3.63, 3.8) is 0 Å². The molecule has 7 nitrogen and oxygen atoms in total. The van der Waals surface area contributed by atoms with Gasteiger partial charge in [0.1, 0.15) is 18.3 Å². The second-order valence-electron chi connectivity index (χ2n) is 6.64. The molecule has 0 bridgehead atoms. The number of carbonyl (C=O) groups excluding carboxylic acids is 1. The fraction of sp³-hybridized carbons (Fsp3) is 0.800. The van der Waals surface area contributed by atoms with Crippen LogP contribution in [-0.4, -0.2) is 59.8 Å². The first-order valence-electron chi connectivity index (χ1n) is 7.40. The van der Waals surface area contributed by atoms with Gasteiger partial charge in [0.05, 0.1) is 6.61 Å². The van der Waals surface area contributed by atoms with Crippen molar-refractivity contribution in [2.24, 2.45) is 0 Å². The van der Waals surface area contributed by atoms with Gasteiger partial charge < -0.3 is 28.8 Å². The molecule has 7 heteroatoms. The number of rotatable bonds is 2. The molecule has 0 amide bonds. The first-order chi connectivity index (χ1) is 10.2. The molecule has 0 aliphatic carbocycles. The molecule has 3 aliphatic rings. The van der Waals surface area contributed by atoms with E-state index in [2.05, 4.69) is 0 Å². The van der Waals surface area contributed by atoms with Gasteiger partial charge in [-0.3, -0.25) is 4.79 Å². The van der Waals surface area contributed by atoms with E-state index in [0.717, 1.165) is 0 Å². The van der Waals surface area contributed by atoms with Crippen LogP contribution in [0.3, 0.4) is 0 Å². The van der Waals surface area contributed by atoms with Crippen LogP contribution in [0.25, 0.3) is 0 Å². The highest BCUT2D eigenvalue weighted by Gasteiger charge is 2.54. The maximum Gasteiger partial charge on any atom is 0.187 e. The summed E-state index contributed by atoms with van der Waals surface area (Å²) in [6.45, 7) is 7.50. The Morgan fingerprint density at radius 2 is 1.77 bits per heavy atom. The normalized spacial score (nSPS) is 43.7. The summed E-state index contributed by atoms with van der Waals surface area (Å²) in [6.07, 6.45) is -1.03. The Labute approximate surface area is 129 Å². The molecule has 3 aliphatic heterocycles. The van der Waals surface area contributed by atoms with Crippen molar-refractivity contribution in [1.82, 2.24) is 0 Å². The Kier molecular flexibility index (Phi) is 3.91. The summed E-state index contributed by atoms with van der Waals surface area (Å²) in [4.78, 5) is 12.1. The van der Waals surface area contributed by atoms with Gasteiger partial charge in [0.15, 0.2) is 29.8 Å². The van der Waals surface area contributed by atoms with E-state index in [-0.39, 0.29) is 11.9 Å². The molecule has 1 N–H and O–H groups in total. The highest BCUT2D eigenvalue weighted by Crippen LogP contribution is 2.38. The number of aliphatic hydroxyl groups excluding tert-OH is 1. The fourth-order valence-electron chi connectivity index (χ4n) is 2.99. The number of hydrogen-bond acceptors (Lipinski definition) is 7. The fourth-order valence-corrected chi connectivity index (χ4v) is 2.99. The lowest BCUT2D eigenvalue weighted by Crippen LogP contribution is -2.50. The Morgan fingerprint density at radius 1 is 1.09 bits per heavy atom. The second-order valence-corrected chi connectivity index (χ2v) is 6.64. The molecule has 0 radical (unpaired) electrons. The van der Waals surface area contributed by atoms with Gasteiger partial charge in [-0.05, 0) is 39.8 Å². The smallest absolute Gasteiger partial charge is 0.187 e. The lowest BCUT2D eigenvalue weighted by atomic mass is 9.99. The van der Waals surface area contributed by atoms with Gasteiger partial charge in [-0.2, -0.15) is 0 Å². The summed E-state index contributed by atoms with van der Waals surface area (Å²) in [5.74, 6) is -1.84. The van der Waals surface area contributed by atoms with Crippen LogP contribution in [0.5, 0.6) is 0 Å². The minimum atomic E-state index is -1.13. The van der Waals surface area contributed by atoms with E-state index in [9.17, 15) is 9.90 Å². The Balaban J connectivity index is 1.81. The van der Waals surface area contributed by atoms with Gasteiger partial charge in [0, 0.05) is 0 Å². The number of ketones is 1. The van der Waals surface area contributed by atoms with Crippen molar-refractivity contribution in [2.45, 2.75) is 70.0 Å². The molecular formula is C15H22O7. The van der Waals surface area contributed by atoms with Crippen LogP contribution in [0.4, 0.5) is 0 Å². The van der Waals surface area contributed by atoms with Crippen molar-refractivity contribution in [3.8, 4) is 0 Å². The van der Waals surface area contributed by atoms with Crippen LogP contribution in [0.2, 0.25) is 0 Å². The van der Waals surface area contributed by atoms with E-state index >= 15 is 0 Å². The van der Waals surface area contributed by atoms with Crippen molar-refractivity contribution in [2.75, 3.05) is 6.61 Å². The van der Waals surface area contributed by atoms with E-state index in [1.54, 1.807) is 13.8 Å². The zero-order chi connectivity index (χ0) is 16.1. The van der Waals surface area contributed by atoms with Crippen LogP contribution in [0.15, 0.2) is 12.2 Å².